The van der Waals surface area contributed by atoms with Gasteiger partial charge in [0, 0.05) is 0 Å². The largest absolute Gasteiger partial charge is 0.247 e. The highest BCUT2D eigenvalue weighted by Gasteiger charge is 2.43. The highest BCUT2D eigenvalue weighted by molar-refractivity contribution is 5.02. The Bertz CT molecular complexity index is 610. The third kappa shape index (κ3) is 6.40. The SMILES string of the molecule is CCCC1CCC(C2C=C[C@H](CCC3CCC(C4CCC(C)CC4)C(F)[C@H]3F)CC2)CC1F. The lowest BCUT2D eigenvalue weighted by atomic mass is 9.67. The zero-order chi connectivity index (χ0) is 23.4. The van der Waals surface area contributed by atoms with Crippen molar-refractivity contribution in [3.8, 4) is 0 Å². The number of hydrogen-bond donors (Lipinski definition) is 0. The summed E-state index contributed by atoms with van der Waals surface area (Å²) in [6.45, 7) is 4.44. The molecular weight excluding hydrogens is 417 g/mol. The highest BCUT2D eigenvalue weighted by atomic mass is 19.2. The van der Waals surface area contributed by atoms with Gasteiger partial charge in [0.2, 0.25) is 0 Å². The normalized spacial score (nSPS) is 46.9. The first-order valence-electron chi connectivity index (χ1n) is 14.6. The van der Waals surface area contributed by atoms with Crippen molar-refractivity contribution in [3.63, 3.8) is 0 Å². The van der Waals surface area contributed by atoms with Crippen molar-refractivity contribution in [1.29, 1.82) is 0 Å². The van der Waals surface area contributed by atoms with Crippen molar-refractivity contribution >= 4 is 0 Å². The van der Waals surface area contributed by atoms with Gasteiger partial charge in [0.1, 0.15) is 18.5 Å². The fourth-order valence-corrected chi connectivity index (χ4v) is 7.99. The average molecular weight is 467 g/mol. The maximum atomic E-state index is 15.1. The van der Waals surface area contributed by atoms with Gasteiger partial charge in [0.25, 0.3) is 0 Å². The Morgan fingerprint density at radius 1 is 0.667 bits per heavy atom. The second-order valence-corrected chi connectivity index (χ2v) is 12.5. The van der Waals surface area contributed by atoms with Gasteiger partial charge in [-0.3, -0.25) is 0 Å². The van der Waals surface area contributed by atoms with Crippen LogP contribution in [0.4, 0.5) is 13.2 Å². The summed E-state index contributed by atoms with van der Waals surface area (Å²) in [7, 11) is 0. The first kappa shape index (κ1) is 25.6. The van der Waals surface area contributed by atoms with Crippen molar-refractivity contribution in [2.24, 2.45) is 47.3 Å². The maximum Gasteiger partial charge on any atom is 0.134 e. The molecule has 0 heterocycles. The standard InChI is InChI=1S/C30H49F3/c1-3-4-24-15-16-26(19-28(24)31)22-12-7-21(8-13-22)9-14-25-17-18-27(30(33)29(25)32)23-10-5-20(2)6-11-23/h7,12,20-30H,3-6,8-11,13-19H2,1-2H3/t20?,21-,22?,23?,24?,25?,26?,27?,28?,29-,30?/m0/s1. The van der Waals surface area contributed by atoms with Crippen LogP contribution in [0.1, 0.15) is 110 Å². The fourth-order valence-electron chi connectivity index (χ4n) is 7.99. The van der Waals surface area contributed by atoms with E-state index in [-0.39, 0.29) is 17.8 Å². The van der Waals surface area contributed by atoms with E-state index in [1.807, 2.05) is 0 Å². The van der Waals surface area contributed by atoms with Gasteiger partial charge in [-0.05, 0) is 124 Å². The van der Waals surface area contributed by atoms with E-state index in [9.17, 15) is 4.39 Å². The topological polar surface area (TPSA) is 0 Å². The van der Waals surface area contributed by atoms with E-state index in [2.05, 4.69) is 26.0 Å². The molecule has 4 rings (SSSR count). The molecule has 0 radical (unpaired) electrons. The molecular formula is C30H49F3. The van der Waals surface area contributed by atoms with Gasteiger partial charge in [-0.25, -0.2) is 13.2 Å². The Morgan fingerprint density at radius 3 is 2.06 bits per heavy atom. The molecule has 0 aromatic carbocycles. The molecule has 9 atom stereocenters. The van der Waals surface area contributed by atoms with Crippen molar-refractivity contribution in [1.82, 2.24) is 0 Å². The Morgan fingerprint density at radius 2 is 1.39 bits per heavy atom. The van der Waals surface area contributed by atoms with Crippen molar-refractivity contribution in [2.75, 3.05) is 0 Å². The number of hydrogen-bond acceptors (Lipinski definition) is 0. The van der Waals surface area contributed by atoms with Gasteiger partial charge in [-0.15, -0.1) is 0 Å². The molecule has 0 saturated heterocycles. The molecule has 0 amide bonds. The molecule has 0 spiro atoms. The molecule has 0 aromatic heterocycles. The molecule has 0 N–H and O–H groups in total. The Labute approximate surface area is 201 Å². The molecule has 0 aliphatic heterocycles. The molecule has 33 heavy (non-hydrogen) atoms. The third-order valence-electron chi connectivity index (χ3n) is 10.3. The minimum Gasteiger partial charge on any atom is -0.247 e. The van der Waals surface area contributed by atoms with E-state index in [0.29, 0.717) is 23.7 Å². The highest BCUT2D eigenvalue weighted by Crippen LogP contribution is 2.46. The van der Waals surface area contributed by atoms with Crippen molar-refractivity contribution in [3.05, 3.63) is 12.2 Å². The molecule has 190 valence electrons. The first-order valence-corrected chi connectivity index (χ1v) is 14.6. The molecule has 0 aromatic rings. The predicted octanol–water partition coefficient (Wildman–Crippen LogP) is 9.43. The molecule has 3 saturated carbocycles. The maximum absolute atomic E-state index is 15.1. The van der Waals surface area contributed by atoms with Crippen molar-refractivity contribution in [2.45, 2.75) is 129 Å². The van der Waals surface area contributed by atoms with Gasteiger partial charge < -0.3 is 0 Å². The second kappa shape index (κ2) is 12.0. The Kier molecular flexibility index (Phi) is 9.30. The van der Waals surface area contributed by atoms with Crippen LogP contribution in [-0.4, -0.2) is 18.5 Å². The molecule has 3 heteroatoms. The van der Waals surface area contributed by atoms with E-state index in [0.717, 1.165) is 83.0 Å². The van der Waals surface area contributed by atoms with Gasteiger partial charge >= 0.3 is 0 Å². The number of halogens is 3. The minimum absolute atomic E-state index is 0.0363. The lowest BCUT2D eigenvalue weighted by Gasteiger charge is -2.41. The number of allylic oxidation sites excluding steroid dienone is 2. The van der Waals surface area contributed by atoms with E-state index in [4.69, 9.17) is 0 Å². The van der Waals surface area contributed by atoms with E-state index in [1.165, 1.54) is 19.3 Å². The predicted molar refractivity (Wildman–Crippen MR) is 132 cm³/mol. The molecule has 4 aliphatic carbocycles. The Hall–Kier alpha value is -0.470. The van der Waals surface area contributed by atoms with Crippen LogP contribution in [0.15, 0.2) is 12.2 Å². The zero-order valence-corrected chi connectivity index (χ0v) is 21.2. The van der Waals surface area contributed by atoms with E-state index < -0.39 is 18.5 Å². The van der Waals surface area contributed by atoms with Gasteiger partial charge in [-0.2, -0.15) is 0 Å². The smallest absolute Gasteiger partial charge is 0.134 e. The lowest BCUT2D eigenvalue weighted by Crippen LogP contribution is -2.42. The van der Waals surface area contributed by atoms with Crippen LogP contribution < -0.4 is 0 Å². The molecule has 0 bridgehead atoms. The Balaban J connectivity index is 1.20. The average Bonchev–Trinajstić information content (AvgIpc) is 2.82. The molecule has 0 nitrogen and oxygen atoms in total. The van der Waals surface area contributed by atoms with Gasteiger partial charge in [0.15, 0.2) is 0 Å². The van der Waals surface area contributed by atoms with Gasteiger partial charge in [-0.1, -0.05) is 45.3 Å². The third-order valence-corrected chi connectivity index (χ3v) is 10.3. The van der Waals surface area contributed by atoms with Crippen LogP contribution in [0.2, 0.25) is 0 Å². The molecule has 7 unspecified atom stereocenters. The van der Waals surface area contributed by atoms with E-state index >= 15 is 8.78 Å². The van der Waals surface area contributed by atoms with Crippen LogP contribution >= 0.6 is 0 Å². The van der Waals surface area contributed by atoms with Crippen LogP contribution in [0, 0.1) is 47.3 Å². The van der Waals surface area contributed by atoms with Crippen LogP contribution in [0.3, 0.4) is 0 Å². The molecule has 4 aliphatic rings. The zero-order valence-electron chi connectivity index (χ0n) is 21.2. The second-order valence-electron chi connectivity index (χ2n) is 12.5. The fraction of sp³-hybridized carbons (Fsp3) is 0.933. The minimum atomic E-state index is -1.26. The summed E-state index contributed by atoms with van der Waals surface area (Å²) in [5.74, 6) is 2.87. The first-order chi connectivity index (χ1) is 16.0. The van der Waals surface area contributed by atoms with Crippen molar-refractivity contribution < 1.29 is 13.2 Å². The molecule has 3 fully saturated rings. The summed E-state index contributed by atoms with van der Waals surface area (Å²) >= 11 is 0. The summed E-state index contributed by atoms with van der Waals surface area (Å²) in [5.41, 5.74) is 0. The summed E-state index contributed by atoms with van der Waals surface area (Å²) < 4.78 is 44.7. The number of rotatable bonds is 7. The lowest BCUT2D eigenvalue weighted by molar-refractivity contribution is -0.0146. The van der Waals surface area contributed by atoms with E-state index in [1.54, 1.807) is 0 Å². The van der Waals surface area contributed by atoms with Crippen LogP contribution in [0.25, 0.3) is 0 Å². The number of alkyl halides is 3. The quantitative estimate of drug-likeness (QED) is 0.328. The van der Waals surface area contributed by atoms with Crippen LogP contribution in [0.5, 0.6) is 0 Å². The summed E-state index contributed by atoms with van der Waals surface area (Å²) in [5, 5.41) is 0. The summed E-state index contributed by atoms with van der Waals surface area (Å²) in [4.78, 5) is 0. The summed E-state index contributed by atoms with van der Waals surface area (Å²) in [6.07, 6.45) is 17.1. The van der Waals surface area contributed by atoms with Gasteiger partial charge in [0.05, 0.1) is 0 Å². The summed E-state index contributed by atoms with van der Waals surface area (Å²) in [6, 6.07) is 0. The van der Waals surface area contributed by atoms with Crippen LogP contribution in [-0.2, 0) is 0 Å². The monoisotopic (exact) mass is 466 g/mol.